The second kappa shape index (κ2) is 4.32. The number of nitrogens with zero attached hydrogens (tertiary/aromatic N) is 2. The molecule has 0 fully saturated rings. The van der Waals surface area contributed by atoms with E-state index < -0.39 is 18.0 Å². The molecule has 0 aliphatic rings. The van der Waals surface area contributed by atoms with Crippen molar-refractivity contribution in [3.05, 3.63) is 30.1 Å². The summed E-state index contributed by atoms with van der Waals surface area (Å²) >= 11 is 0. The molecule has 2 aromatic rings. The Morgan fingerprint density at radius 2 is 2.22 bits per heavy atom. The molecule has 18 heavy (non-hydrogen) atoms. The minimum atomic E-state index is -4.42. The molecule has 0 amide bonds. The van der Waals surface area contributed by atoms with E-state index >= 15 is 0 Å². The lowest BCUT2D eigenvalue weighted by atomic mass is 10.2. The third-order valence-electron chi connectivity index (χ3n) is 2.53. The van der Waals surface area contributed by atoms with Crippen LogP contribution in [0.1, 0.15) is 18.7 Å². The van der Waals surface area contributed by atoms with Crippen molar-refractivity contribution < 1.29 is 22.7 Å². The molecule has 2 rings (SSSR count). The Bertz CT molecular complexity index is 577. The van der Waals surface area contributed by atoms with Gasteiger partial charge < -0.3 is 4.74 Å². The van der Waals surface area contributed by atoms with Gasteiger partial charge in [-0.05, 0) is 19.1 Å². The number of halogens is 3. The highest BCUT2D eigenvalue weighted by atomic mass is 19.4. The normalized spacial score (nSPS) is 13.6. The van der Waals surface area contributed by atoms with Crippen molar-refractivity contribution in [1.29, 1.82) is 0 Å². The number of aromatic nitrogens is 2. The predicted molar refractivity (Wildman–Crippen MR) is 56.6 cm³/mol. The van der Waals surface area contributed by atoms with Crippen LogP contribution < -0.4 is 0 Å². The van der Waals surface area contributed by atoms with Gasteiger partial charge in [-0.15, -0.1) is 0 Å². The van der Waals surface area contributed by atoms with Gasteiger partial charge in [0.1, 0.15) is 5.65 Å². The third-order valence-corrected chi connectivity index (χ3v) is 2.53. The first-order valence-electron chi connectivity index (χ1n) is 5.06. The smallest absolute Gasteiger partial charge is 0.417 e. The third kappa shape index (κ3) is 2.15. The number of rotatable bonds is 3. The summed E-state index contributed by atoms with van der Waals surface area (Å²) in [6.07, 6.45) is -2.77. The number of carbonyl (C=O) groups excluding carboxylic acids is 1. The molecule has 1 atom stereocenters. The van der Waals surface area contributed by atoms with Gasteiger partial charge in [-0.3, -0.25) is 9.36 Å². The Hall–Kier alpha value is -2.05. The molecule has 7 heteroatoms. The van der Waals surface area contributed by atoms with Crippen LogP contribution in [0.3, 0.4) is 0 Å². The number of fused-ring (bicyclic) bond motifs is 1. The first-order chi connectivity index (χ1) is 8.43. The van der Waals surface area contributed by atoms with Crippen molar-refractivity contribution in [2.45, 2.75) is 19.3 Å². The zero-order valence-corrected chi connectivity index (χ0v) is 9.31. The standard InChI is InChI=1S/C11H9F3N2O2/c1-7(18-6-17)16-3-2-8-4-9(11(12,13)14)5-15-10(8)16/h2-7H,1H3. The van der Waals surface area contributed by atoms with Crippen LogP contribution in [0.2, 0.25) is 0 Å². The molecule has 0 spiro atoms. The largest absolute Gasteiger partial charge is 0.444 e. The van der Waals surface area contributed by atoms with Crippen molar-refractivity contribution in [3.63, 3.8) is 0 Å². The molecular formula is C11H9F3N2O2. The summed E-state index contributed by atoms with van der Waals surface area (Å²) in [5, 5.41) is 0.339. The quantitative estimate of drug-likeness (QED) is 0.795. The molecule has 1 unspecified atom stereocenters. The maximum Gasteiger partial charge on any atom is 0.417 e. The van der Waals surface area contributed by atoms with Gasteiger partial charge in [0.15, 0.2) is 6.23 Å². The first-order valence-corrected chi connectivity index (χ1v) is 5.06. The monoisotopic (exact) mass is 258 g/mol. The van der Waals surface area contributed by atoms with E-state index in [0.717, 1.165) is 12.3 Å². The minimum Gasteiger partial charge on any atom is -0.444 e. The molecule has 0 aliphatic heterocycles. The topological polar surface area (TPSA) is 44.1 Å². The van der Waals surface area contributed by atoms with E-state index in [1.165, 1.54) is 16.8 Å². The highest BCUT2D eigenvalue weighted by molar-refractivity contribution is 5.77. The lowest BCUT2D eigenvalue weighted by molar-refractivity contribution is -0.138. The van der Waals surface area contributed by atoms with Crippen molar-refractivity contribution in [3.8, 4) is 0 Å². The maximum atomic E-state index is 12.5. The van der Waals surface area contributed by atoms with Crippen molar-refractivity contribution in [2.75, 3.05) is 0 Å². The predicted octanol–water partition coefficient (Wildman–Crippen LogP) is 2.75. The molecule has 2 heterocycles. The van der Waals surface area contributed by atoms with Crippen LogP contribution in [0, 0.1) is 0 Å². The van der Waals surface area contributed by atoms with Crippen molar-refractivity contribution in [2.24, 2.45) is 0 Å². The summed E-state index contributed by atoms with van der Waals surface area (Å²) in [6, 6.07) is 2.49. The Balaban J connectivity index is 2.47. The fourth-order valence-electron chi connectivity index (χ4n) is 1.64. The number of pyridine rings is 1. The van der Waals surface area contributed by atoms with E-state index in [9.17, 15) is 18.0 Å². The Labute approximate surface area is 100.0 Å². The molecule has 0 saturated carbocycles. The van der Waals surface area contributed by atoms with Gasteiger partial charge in [0.2, 0.25) is 0 Å². The second-order valence-electron chi connectivity index (χ2n) is 3.69. The number of hydrogen-bond acceptors (Lipinski definition) is 3. The molecule has 0 N–H and O–H groups in total. The highest BCUT2D eigenvalue weighted by Gasteiger charge is 2.31. The van der Waals surface area contributed by atoms with Gasteiger partial charge in [-0.1, -0.05) is 0 Å². The number of ether oxygens (including phenoxy) is 1. The zero-order valence-electron chi connectivity index (χ0n) is 9.31. The Morgan fingerprint density at radius 1 is 1.50 bits per heavy atom. The van der Waals surface area contributed by atoms with Gasteiger partial charge in [0.05, 0.1) is 5.56 Å². The van der Waals surface area contributed by atoms with E-state index in [0.29, 0.717) is 11.0 Å². The van der Waals surface area contributed by atoms with E-state index in [-0.39, 0.29) is 6.47 Å². The van der Waals surface area contributed by atoms with Crippen LogP contribution in [0.15, 0.2) is 24.5 Å². The molecule has 0 saturated heterocycles. The summed E-state index contributed by atoms with van der Waals surface area (Å²) < 4.78 is 43.6. The van der Waals surface area contributed by atoms with E-state index in [2.05, 4.69) is 4.98 Å². The van der Waals surface area contributed by atoms with Crippen LogP contribution in [-0.4, -0.2) is 16.0 Å². The van der Waals surface area contributed by atoms with Crippen LogP contribution in [0.5, 0.6) is 0 Å². The lowest BCUT2D eigenvalue weighted by Crippen LogP contribution is -2.09. The van der Waals surface area contributed by atoms with Gasteiger partial charge in [0, 0.05) is 17.8 Å². The van der Waals surface area contributed by atoms with E-state index in [1.54, 1.807) is 6.92 Å². The molecular weight excluding hydrogens is 249 g/mol. The SMILES string of the molecule is CC(OC=O)n1ccc2cc(C(F)(F)F)cnc21. The fraction of sp³-hybridized carbons (Fsp3) is 0.273. The molecule has 2 aromatic heterocycles. The average molecular weight is 258 g/mol. The van der Waals surface area contributed by atoms with Gasteiger partial charge in [0.25, 0.3) is 6.47 Å². The molecule has 0 radical (unpaired) electrons. The average Bonchev–Trinajstić information content (AvgIpc) is 2.70. The lowest BCUT2D eigenvalue weighted by Gasteiger charge is -2.12. The Morgan fingerprint density at radius 3 is 2.83 bits per heavy atom. The summed E-state index contributed by atoms with van der Waals surface area (Å²) in [6.45, 7) is 1.87. The van der Waals surface area contributed by atoms with Crippen molar-refractivity contribution >= 4 is 17.5 Å². The molecule has 96 valence electrons. The van der Waals surface area contributed by atoms with E-state index in [1.807, 2.05) is 0 Å². The number of carbonyl (C=O) groups is 1. The van der Waals surface area contributed by atoms with Crippen LogP contribution in [-0.2, 0) is 15.7 Å². The maximum absolute atomic E-state index is 12.5. The first kappa shape index (κ1) is 12.4. The summed E-state index contributed by atoms with van der Waals surface area (Å²) in [4.78, 5) is 14.0. The summed E-state index contributed by atoms with van der Waals surface area (Å²) in [5.74, 6) is 0. The number of hydrogen-bond donors (Lipinski definition) is 0. The van der Waals surface area contributed by atoms with Crippen LogP contribution in [0.25, 0.3) is 11.0 Å². The van der Waals surface area contributed by atoms with Gasteiger partial charge in [-0.2, -0.15) is 13.2 Å². The highest BCUT2D eigenvalue weighted by Crippen LogP contribution is 2.31. The fourth-order valence-corrected chi connectivity index (χ4v) is 1.64. The summed E-state index contributed by atoms with van der Waals surface area (Å²) in [7, 11) is 0. The van der Waals surface area contributed by atoms with Gasteiger partial charge >= 0.3 is 6.18 Å². The summed E-state index contributed by atoms with van der Waals surface area (Å²) in [5.41, 5.74) is -0.478. The molecule has 4 nitrogen and oxygen atoms in total. The van der Waals surface area contributed by atoms with E-state index in [4.69, 9.17) is 4.74 Å². The van der Waals surface area contributed by atoms with Crippen LogP contribution >= 0.6 is 0 Å². The molecule has 0 bridgehead atoms. The minimum absolute atomic E-state index is 0.278. The molecule has 0 aromatic carbocycles. The zero-order chi connectivity index (χ0) is 13.3. The number of alkyl halides is 3. The molecule has 0 aliphatic carbocycles. The van der Waals surface area contributed by atoms with Gasteiger partial charge in [-0.25, -0.2) is 4.98 Å². The second-order valence-corrected chi connectivity index (χ2v) is 3.69. The van der Waals surface area contributed by atoms with Crippen molar-refractivity contribution in [1.82, 2.24) is 9.55 Å². The van der Waals surface area contributed by atoms with Crippen LogP contribution in [0.4, 0.5) is 13.2 Å². The Kier molecular flexibility index (Phi) is 2.98.